The molecule has 20 heavy (non-hydrogen) atoms. The van der Waals surface area contributed by atoms with Crippen molar-refractivity contribution in [2.75, 3.05) is 0 Å². The van der Waals surface area contributed by atoms with Crippen molar-refractivity contribution in [2.24, 2.45) is 5.92 Å². The van der Waals surface area contributed by atoms with Crippen LogP contribution in [0.2, 0.25) is 0 Å². The van der Waals surface area contributed by atoms with E-state index in [-0.39, 0.29) is 17.5 Å². The van der Waals surface area contributed by atoms with Gasteiger partial charge in [-0.1, -0.05) is 30.3 Å². The van der Waals surface area contributed by atoms with Gasteiger partial charge in [-0.15, -0.1) is 0 Å². The van der Waals surface area contributed by atoms with E-state index in [9.17, 15) is 4.79 Å². The maximum absolute atomic E-state index is 12.1. The average Bonchev–Trinajstić information content (AvgIpc) is 2.69. The van der Waals surface area contributed by atoms with Crippen LogP contribution in [0.3, 0.4) is 0 Å². The summed E-state index contributed by atoms with van der Waals surface area (Å²) < 4.78 is 11.2. The Labute approximate surface area is 120 Å². The normalized spacial score (nSPS) is 18.6. The van der Waals surface area contributed by atoms with Crippen molar-refractivity contribution in [3.63, 3.8) is 0 Å². The molecule has 0 amide bonds. The molecule has 3 heteroatoms. The first-order valence-corrected chi connectivity index (χ1v) is 6.98. The number of carbonyl (C=O) groups excluding carboxylic acids is 1. The van der Waals surface area contributed by atoms with Crippen molar-refractivity contribution >= 4 is 5.97 Å². The van der Waals surface area contributed by atoms with Crippen LogP contribution in [0.25, 0.3) is 0 Å². The molecule has 0 aromatic heterocycles. The van der Waals surface area contributed by atoms with Gasteiger partial charge in [-0.2, -0.15) is 0 Å². The molecular weight excluding hydrogens is 252 g/mol. The molecule has 108 valence electrons. The maximum atomic E-state index is 12.1. The number of rotatable bonds is 4. The number of hydrogen-bond acceptors (Lipinski definition) is 3. The molecule has 0 N–H and O–H groups in total. The minimum atomic E-state index is -0.347. The average molecular weight is 274 g/mol. The number of carbonyl (C=O) groups is 1. The summed E-state index contributed by atoms with van der Waals surface area (Å²) in [6.07, 6.45) is 0.860. The Hall–Kier alpha value is -1.77. The summed E-state index contributed by atoms with van der Waals surface area (Å²) in [5.41, 5.74) is 1.92. The molecule has 0 spiro atoms. The molecule has 1 aromatic rings. The molecule has 1 aromatic carbocycles. The Morgan fingerprint density at radius 1 is 1.35 bits per heavy atom. The van der Waals surface area contributed by atoms with E-state index in [0.717, 1.165) is 23.3 Å². The largest absolute Gasteiger partial charge is 0.491 e. The van der Waals surface area contributed by atoms with Crippen LogP contribution in [0.1, 0.15) is 39.7 Å². The Morgan fingerprint density at radius 3 is 2.55 bits per heavy atom. The standard InChI is InChI=1S/C17H22O3/c1-12-10-17(3,4)20-15(12)13(2)16(18)19-11-14-8-6-5-7-9-14/h5-9,13H,10-11H2,1-4H3. The number of esters is 1. The van der Waals surface area contributed by atoms with Gasteiger partial charge in [-0.3, -0.25) is 4.79 Å². The third kappa shape index (κ3) is 3.41. The van der Waals surface area contributed by atoms with Crippen LogP contribution in [0.5, 0.6) is 0 Å². The molecule has 0 saturated carbocycles. The summed E-state index contributed by atoms with van der Waals surface area (Å²) in [7, 11) is 0. The lowest BCUT2D eigenvalue weighted by atomic mass is 10.0. The Kier molecular flexibility index (Phi) is 4.17. The van der Waals surface area contributed by atoms with Gasteiger partial charge in [-0.25, -0.2) is 0 Å². The van der Waals surface area contributed by atoms with Crippen molar-refractivity contribution in [2.45, 2.75) is 46.3 Å². The Balaban J connectivity index is 1.95. The molecule has 1 unspecified atom stereocenters. The summed E-state index contributed by atoms with van der Waals surface area (Å²) in [5.74, 6) is 0.189. The first kappa shape index (κ1) is 14.6. The van der Waals surface area contributed by atoms with Gasteiger partial charge in [0.15, 0.2) is 0 Å². The second kappa shape index (κ2) is 5.70. The molecule has 1 atom stereocenters. The molecule has 0 bridgehead atoms. The fourth-order valence-corrected chi connectivity index (χ4v) is 2.57. The molecule has 3 nitrogen and oxygen atoms in total. The van der Waals surface area contributed by atoms with Crippen molar-refractivity contribution in [3.8, 4) is 0 Å². The quantitative estimate of drug-likeness (QED) is 0.783. The highest BCUT2D eigenvalue weighted by atomic mass is 16.5. The second-order valence-electron chi connectivity index (χ2n) is 6.00. The fourth-order valence-electron chi connectivity index (χ4n) is 2.57. The monoisotopic (exact) mass is 274 g/mol. The topological polar surface area (TPSA) is 35.5 Å². The zero-order valence-electron chi connectivity index (χ0n) is 12.6. The zero-order chi connectivity index (χ0) is 14.8. The molecule has 0 aliphatic carbocycles. The van der Waals surface area contributed by atoms with Gasteiger partial charge in [0, 0.05) is 6.42 Å². The molecule has 0 saturated heterocycles. The van der Waals surface area contributed by atoms with Crippen LogP contribution in [0, 0.1) is 5.92 Å². The van der Waals surface area contributed by atoms with Gasteiger partial charge in [0.05, 0.1) is 0 Å². The lowest BCUT2D eigenvalue weighted by Gasteiger charge is -2.21. The van der Waals surface area contributed by atoms with Gasteiger partial charge < -0.3 is 9.47 Å². The SMILES string of the molecule is CC1=C(C(C)C(=O)OCc2ccccc2)OC(C)(C)C1. The van der Waals surface area contributed by atoms with E-state index in [1.54, 1.807) is 0 Å². The lowest BCUT2D eigenvalue weighted by molar-refractivity contribution is -0.149. The second-order valence-corrected chi connectivity index (χ2v) is 6.00. The summed E-state index contributed by atoms with van der Waals surface area (Å²) in [5, 5.41) is 0. The smallest absolute Gasteiger partial charge is 0.316 e. The molecule has 1 heterocycles. The van der Waals surface area contributed by atoms with Gasteiger partial charge >= 0.3 is 5.97 Å². The number of ether oxygens (including phenoxy) is 2. The first-order chi connectivity index (χ1) is 9.39. The lowest BCUT2D eigenvalue weighted by Crippen LogP contribution is -2.22. The van der Waals surface area contributed by atoms with E-state index in [1.807, 2.05) is 58.0 Å². The van der Waals surface area contributed by atoms with E-state index in [1.165, 1.54) is 0 Å². The highest BCUT2D eigenvalue weighted by molar-refractivity contribution is 5.75. The molecule has 0 fully saturated rings. The predicted molar refractivity (Wildman–Crippen MR) is 77.9 cm³/mol. The molecule has 2 rings (SSSR count). The summed E-state index contributed by atoms with van der Waals surface area (Å²) in [6.45, 7) is 8.23. The van der Waals surface area contributed by atoms with Crippen LogP contribution in [0.15, 0.2) is 41.7 Å². The summed E-state index contributed by atoms with van der Waals surface area (Å²) in [6, 6.07) is 9.69. The summed E-state index contributed by atoms with van der Waals surface area (Å²) in [4.78, 5) is 12.1. The Bertz CT molecular complexity index is 514. The van der Waals surface area contributed by atoms with E-state index in [2.05, 4.69) is 0 Å². The highest BCUT2D eigenvalue weighted by Gasteiger charge is 2.35. The minimum Gasteiger partial charge on any atom is -0.491 e. The zero-order valence-corrected chi connectivity index (χ0v) is 12.6. The fraction of sp³-hybridized carbons (Fsp3) is 0.471. The van der Waals surface area contributed by atoms with Crippen molar-refractivity contribution in [1.29, 1.82) is 0 Å². The van der Waals surface area contributed by atoms with E-state index < -0.39 is 0 Å². The highest BCUT2D eigenvalue weighted by Crippen LogP contribution is 2.37. The molecular formula is C17H22O3. The van der Waals surface area contributed by atoms with Crippen LogP contribution in [-0.4, -0.2) is 11.6 Å². The van der Waals surface area contributed by atoms with E-state index in [0.29, 0.717) is 6.61 Å². The number of hydrogen-bond donors (Lipinski definition) is 0. The van der Waals surface area contributed by atoms with Crippen LogP contribution in [-0.2, 0) is 20.9 Å². The van der Waals surface area contributed by atoms with Gasteiger partial charge in [0.1, 0.15) is 23.9 Å². The van der Waals surface area contributed by atoms with Gasteiger partial charge in [0.2, 0.25) is 0 Å². The van der Waals surface area contributed by atoms with Gasteiger partial charge in [-0.05, 0) is 38.8 Å². The predicted octanol–water partition coefficient (Wildman–Crippen LogP) is 3.84. The van der Waals surface area contributed by atoms with Gasteiger partial charge in [0.25, 0.3) is 0 Å². The third-order valence-corrected chi connectivity index (χ3v) is 3.47. The molecule has 0 radical (unpaired) electrons. The minimum absolute atomic E-state index is 0.215. The number of benzene rings is 1. The Morgan fingerprint density at radius 2 is 2.00 bits per heavy atom. The maximum Gasteiger partial charge on any atom is 0.316 e. The van der Waals surface area contributed by atoms with E-state index >= 15 is 0 Å². The first-order valence-electron chi connectivity index (χ1n) is 6.98. The third-order valence-electron chi connectivity index (χ3n) is 3.47. The van der Waals surface area contributed by atoms with Crippen LogP contribution in [0.4, 0.5) is 0 Å². The summed E-state index contributed by atoms with van der Waals surface area (Å²) >= 11 is 0. The van der Waals surface area contributed by atoms with Crippen molar-refractivity contribution < 1.29 is 14.3 Å². The van der Waals surface area contributed by atoms with Crippen molar-refractivity contribution in [3.05, 3.63) is 47.2 Å². The van der Waals surface area contributed by atoms with E-state index in [4.69, 9.17) is 9.47 Å². The van der Waals surface area contributed by atoms with Crippen LogP contribution >= 0.6 is 0 Å². The molecule has 1 aliphatic rings. The van der Waals surface area contributed by atoms with Crippen LogP contribution < -0.4 is 0 Å². The molecule has 1 aliphatic heterocycles. The van der Waals surface area contributed by atoms with Crippen molar-refractivity contribution in [1.82, 2.24) is 0 Å².